The van der Waals surface area contributed by atoms with E-state index in [9.17, 15) is 0 Å². The van der Waals surface area contributed by atoms with Crippen LogP contribution in [0.15, 0.2) is 0 Å². The topological polar surface area (TPSA) is 28.2 Å². The van der Waals surface area contributed by atoms with Crippen molar-refractivity contribution >= 4 is 0 Å². The maximum atomic E-state index is 6.53. The number of nitrogens with zero attached hydrogens (tertiary/aromatic N) is 3. The summed E-state index contributed by atoms with van der Waals surface area (Å²) >= 11 is 0. The molecule has 1 saturated carbocycles. The minimum Gasteiger partial charge on any atom is -0.381 e. The average Bonchev–Trinajstić information content (AvgIpc) is 3.29. The highest BCUT2D eigenvalue weighted by atomic mass is 16.5. The van der Waals surface area contributed by atoms with Crippen LogP contribution in [0.2, 0.25) is 0 Å². The Balaban J connectivity index is 0.894. The van der Waals surface area contributed by atoms with Crippen LogP contribution in [0.3, 0.4) is 0 Å². The van der Waals surface area contributed by atoms with Gasteiger partial charge in [-0.3, -0.25) is 14.7 Å². The monoisotopic (exact) mass is 501 g/mol. The van der Waals surface area contributed by atoms with E-state index in [0.717, 1.165) is 49.5 Å². The largest absolute Gasteiger partial charge is 0.381 e. The minimum absolute atomic E-state index is 0.183. The fourth-order valence-corrected chi connectivity index (χ4v) is 9.00. The molecule has 36 heavy (non-hydrogen) atoms. The Morgan fingerprint density at radius 3 is 2.31 bits per heavy atom. The van der Waals surface area contributed by atoms with Crippen LogP contribution in [0.25, 0.3) is 0 Å². The van der Waals surface area contributed by atoms with Gasteiger partial charge >= 0.3 is 0 Å². The number of hydrogen-bond donors (Lipinski definition) is 0. The van der Waals surface area contributed by atoms with E-state index in [-0.39, 0.29) is 5.60 Å². The summed E-state index contributed by atoms with van der Waals surface area (Å²) in [5, 5.41) is 0. The quantitative estimate of drug-likeness (QED) is 0.453. The molecule has 1 aliphatic carbocycles. The first-order chi connectivity index (χ1) is 17.3. The molecule has 5 saturated heterocycles. The lowest BCUT2D eigenvalue weighted by molar-refractivity contribution is -0.158. The summed E-state index contributed by atoms with van der Waals surface area (Å²) in [6.07, 6.45) is 13.8. The first-order valence-corrected chi connectivity index (χ1v) is 15.7. The molecule has 0 aromatic rings. The molecule has 0 aromatic heterocycles. The van der Waals surface area contributed by atoms with Gasteiger partial charge in [0, 0.05) is 56.3 Å². The van der Waals surface area contributed by atoms with Crippen molar-refractivity contribution in [1.82, 2.24) is 14.7 Å². The zero-order chi connectivity index (χ0) is 25.0. The van der Waals surface area contributed by atoms with E-state index < -0.39 is 0 Å². The number of ether oxygens (including phenoxy) is 2. The van der Waals surface area contributed by atoms with Crippen LogP contribution < -0.4 is 0 Å². The third-order valence-electron chi connectivity index (χ3n) is 12.0. The molecule has 0 aromatic carbocycles. The molecule has 6 rings (SSSR count). The van der Waals surface area contributed by atoms with Gasteiger partial charge in [0.1, 0.15) is 0 Å². The Morgan fingerprint density at radius 1 is 0.889 bits per heavy atom. The van der Waals surface area contributed by atoms with Crippen LogP contribution in [-0.2, 0) is 9.47 Å². The fourth-order valence-electron chi connectivity index (χ4n) is 9.00. The Kier molecular flexibility index (Phi) is 7.29. The van der Waals surface area contributed by atoms with Crippen molar-refractivity contribution in [2.24, 2.45) is 29.1 Å². The summed E-state index contributed by atoms with van der Waals surface area (Å²) in [5.41, 5.74) is 1.24. The van der Waals surface area contributed by atoms with Gasteiger partial charge in [-0.1, -0.05) is 20.8 Å². The lowest BCUT2D eigenvalue weighted by Gasteiger charge is -2.60. The van der Waals surface area contributed by atoms with E-state index in [1.54, 1.807) is 0 Å². The number of hydrogen-bond acceptors (Lipinski definition) is 5. The molecule has 0 radical (unpaired) electrons. The molecule has 5 heterocycles. The summed E-state index contributed by atoms with van der Waals surface area (Å²) in [6, 6.07) is 0.718. The number of likely N-dealkylation sites (tertiary alicyclic amines) is 3. The van der Waals surface area contributed by atoms with Crippen LogP contribution in [0.4, 0.5) is 0 Å². The van der Waals surface area contributed by atoms with Crippen molar-refractivity contribution in [2.75, 3.05) is 59.2 Å². The average molecular weight is 502 g/mol. The molecule has 3 atom stereocenters. The van der Waals surface area contributed by atoms with Crippen molar-refractivity contribution in [3.8, 4) is 0 Å². The van der Waals surface area contributed by atoms with E-state index >= 15 is 0 Å². The molecule has 5 aliphatic heterocycles. The second kappa shape index (κ2) is 10.1. The smallest absolute Gasteiger partial charge is 0.0939 e. The fraction of sp³-hybridized carbons (Fsp3) is 1.00. The third-order valence-corrected chi connectivity index (χ3v) is 12.0. The van der Waals surface area contributed by atoms with Crippen LogP contribution in [0.5, 0.6) is 0 Å². The van der Waals surface area contributed by atoms with Gasteiger partial charge in [0.2, 0.25) is 0 Å². The van der Waals surface area contributed by atoms with Gasteiger partial charge in [-0.15, -0.1) is 0 Å². The molecular weight excluding hydrogens is 446 g/mol. The second-order valence-electron chi connectivity index (χ2n) is 14.9. The SMILES string of the molecule is CC(C)C1CCC2(CC1)CCN2CN1CC2(CC(C(C)CCC(C)N3CC4(CCCOC4)C3)CO2)C1. The highest BCUT2D eigenvalue weighted by Crippen LogP contribution is 2.48. The van der Waals surface area contributed by atoms with Crippen molar-refractivity contribution in [2.45, 2.75) is 109 Å². The zero-order valence-electron chi connectivity index (χ0n) is 24.0. The van der Waals surface area contributed by atoms with E-state index in [4.69, 9.17) is 9.47 Å². The molecule has 3 unspecified atom stereocenters. The van der Waals surface area contributed by atoms with Crippen molar-refractivity contribution < 1.29 is 9.47 Å². The van der Waals surface area contributed by atoms with Gasteiger partial charge in [0.05, 0.1) is 25.5 Å². The van der Waals surface area contributed by atoms with Gasteiger partial charge in [0.15, 0.2) is 0 Å². The van der Waals surface area contributed by atoms with Crippen molar-refractivity contribution in [3.05, 3.63) is 0 Å². The van der Waals surface area contributed by atoms with Crippen molar-refractivity contribution in [3.63, 3.8) is 0 Å². The first-order valence-electron chi connectivity index (χ1n) is 15.7. The van der Waals surface area contributed by atoms with Crippen LogP contribution >= 0.6 is 0 Å². The molecule has 0 bridgehead atoms. The maximum absolute atomic E-state index is 6.53. The third kappa shape index (κ3) is 4.94. The first kappa shape index (κ1) is 26.0. The molecule has 0 amide bonds. The summed E-state index contributed by atoms with van der Waals surface area (Å²) in [5.74, 6) is 3.37. The van der Waals surface area contributed by atoms with Gasteiger partial charge in [0.25, 0.3) is 0 Å². The molecule has 5 nitrogen and oxygen atoms in total. The molecule has 0 N–H and O–H groups in total. The predicted octanol–water partition coefficient (Wildman–Crippen LogP) is 5.24. The van der Waals surface area contributed by atoms with Gasteiger partial charge in [-0.2, -0.15) is 0 Å². The molecule has 206 valence electrons. The van der Waals surface area contributed by atoms with E-state index in [0.29, 0.717) is 11.0 Å². The summed E-state index contributed by atoms with van der Waals surface area (Å²) in [7, 11) is 0. The van der Waals surface area contributed by atoms with Crippen molar-refractivity contribution in [1.29, 1.82) is 0 Å². The van der Waals surface area contributed by atoms with E-state index in [1.165, 1.54) is 104 Å². The zero-order valence-corrected chi connectivity index (χ0v) is 24.0. The Labute approximate surface area is 221 Å². The standard InChI is InChI=1S/C31H55N3O2/c1-24(2)27-8-11-30(12-9-27)13-14-34(30)23-32-20-31(21-32)16-28(17-36-31)25(3)6-7-26(4)33-18-29(19-33)10-5-15-35-22-29/h24-28H,5-23H2,1-4H3. The molecular formula is C31H55N3O2. The summed E-state index contributed by atoms with van der Waals surface area (Å²) < 4.78 is 12.3. The van der Waals surface area contributed by atoms with Crippen LogP contribution in [0, 0.1) is 29.1 Å². The lowest BCUT2D eigenvalue weighted by Crippen LogP contribution is -2.69. The van der Waals surface area contributed by atoms with E-state index in [1.807, 2.05) is 0 Å². The normalized spacial score (nSPS) is 38.2. The summed E-state index contributed by atoms with van der Waals surface area (Å²) in [6.45, 7) is 20.2. The van der Waals surface area contributed by atoms with Gasteiger partial charge in [-0.25, -0.2) is 0 Å². The Bertz CT molecular complexity index is 743. The highest BCUT2D eigenvalue weighted by Gasteiger charge is 2.53. The molecule has 5 heteroatoms. The number of rotatable bonds is 8. The summed E-state index contributed by atoms with van der Waals surface area (Å²) in [4.78, 5) is 8.25. The Hall–Kier alpha value is -0.200. The second-order valence-corrected chi connectivity index (χ2v) is 14.9. The van der Waals surface area contributed by atoms with Gasteiger partial charge < -0.3 is 9.47 Å². The van der Waals surface area contributed by atoms with E-state index in [2.05, 4.69) is 42.4 Å². The molecule has 6 aliphatic rings. The van der Waals surface area contributed by atoms with Crippen LogP contribution in [-0.4, -0.2) is 91.1 Å². The molecule has 6 fully saturated rings. The van der Waals surface area contributed by atoms with Crippen LogP contribution in [0.1, 0.15) is 91.9 Å². The Morgan fingerprint density at radius 2 is 1.67 bits per heavy atom. The maximum Gasteiger partial charge on any atom is 0.0939 e. The highest BCUT2D eigenvalue weighted by molar-refractivity contribution is 5.06. The lowest BCUT2D eigenvalue weighted by atomic mass is 9.67. The minimum atomic E-state index is 0.183. The predicted molar refractivity (Wildman–Crippen MR) is 146 cm³/mol. The molecule has 3 spiro atoms. The van der Waals surface area contributed by atoms with Gasteiger partial charge in [-0.05, 0) is 94.8 Å².